The number of carbonyl (C=O) groups excluding carboxylic acids is 1. The lowest BCUT2D eigenvalue weighted by molar-refractivity contribution is -0.115. The van der Waals surface area contributed by atoms with Crippen molar-refractivity contribution in [3.63, 3.8) is 0 Å². The molecule has 0 aliphatic rings. The summed E-state index contributed by atoms with van der Waals surface area (Å²) < 4.78 is 0. The molecular weight excluding hydrogens is 268 g/mol. The van der Waals surface area contributed by atoms with Crippen molar-refractivity contribution in [2.75, 3.05) is 0 Å². The molecule has 0 aliphatic carbocycles. The third-order valence-corrected chi connectivity index (χ3v) is 4.72. The molecule has 0 saturated heterocycles. The summed E-state index contributed by atoms with van der Waals surface area (Å²) in [5.74, 6) is 0. The van der Waals surface area contributed by atoms with Crippen LogP contribution in [0.2, 0.25) is 0 Å². The first-order chi connectivity index (χ1) is 9.39. The number of aryl methyl sites for hydroxylation is 1. The Morgan fingerprint density at radius 1 is 0.950 bits per heavy atom. The highest BCUT2D eigenvalue weighted by Gasteiger charge is 2.37. The van der Waals surface area contributed by atoms with E-state index >= 15 is 0 Å². The number of benzene rings is 2. The number of rotatable bonds is 3. The molecule has 0 spiro atoms. The predicted octanol–water partition coefficient (Wildman–Crippen LogP) is 4.68. The van der Waals surface area contributed by atoms with Gasteiger partial charge in [0, 0.05) is 0 Å². The van der Waals surface area contributed by atoms with Crippen molar-refractivity contribution in [2.24, 2.45) is 0 Å². The van der Waals surface area contributed by atoms with Gasteiger partial charge in [-0.2, -0.15) is 0 Å². The first-order valence-electron chi connectivity index (χ1n) is 6.71. The van der Waals surface area contributed by atoms with Crippen LogP contribution in [-0.2, 0) is 10.2 Å². The Labute approximate surface area is 125 Å². The topological polar surface area (TPSA) is 17.1 Å². The van der Waals surface area contributed by atoms with E-state index in [0.29, 0.717) is 0 Å². The number of carbonyl (C=O) groups is 1. The van der Waals surface area contributed by atoms with Crippen LogP contribution < -0.4 is 0 Å². The van der Waals surface area contributed by atoms with Crippen LogP contribution in [0.4, 0.5) is 0 Å². The molecule has 0 N–H and O–H groups in total. The molecule has 0 aliphatic heterocycles. The number of hydrogen-bond acceptors (Lipinski definition) is 1. The first-order valence-corrected chi connectivity index (χ1v) is 7.09. The van der Waals surface area contributed by atoms with Gasteiger partial charge >= 0.3 is 0 Å². The zero-order chi connectivity index (χ0) is 14.9. The van der Waals surface area contributed by atoms with Crippen molar-refractivity contribution >= 4 is 16.8 Å². The van der Waals surface area contributed by atoms with Gasteiger partial charge in [0.25, 0.3) is 0 Å². The second kappa shape index (κ2) is 5.41. The predicted molar refractivity (Wildman–Crippen MR) is 84.4 cm³/mol. The third kappa shape index (κ3) is 2.27. The van der Waals surface area contributed by atoms with E-state index in [0.717, 1.165) is 16.7 Å². The molecule has 0 radical (unpaired) electrons. The molecule has 20 heavy (non-hydrogen) atoms. The minimum Gasteiger partial charge on any atom is -0.280 e. The van der Waals surface area contributed by atoms with E-state index < -0.39 is 5.41 Å². The Bertz CT molecular complexity index is 646. The Kier molecular flexibility index (Phi) is 4.01. The van der Waals surface area contributed by atoms with Gasteiger partial charge in [-0.15, -0.1) is 0 Å². The molecule has 0 bridgehead atoms. The van der Waals surface area contributed by atoms with E-state index in [9.17, 15) is 4.79 Å². The van der Waals surface area contributed by atoms with Crippen LogP contribution in [0, 0.1) is 20.8 Å². The molecule has 2 aromatic carbocycles. The molecule has 2 aromatic rings. The fourth-order valence-electron chi connectivity index (χ4n) is 2.64. The summed E-state index contributed by atoms with van der Waals surface area (Å²) in [6, 6.07) is 13.8. The molecule has 2 heteroatoms. The van der Waals surface area contributed by atoms with E-state index in [4.69, 9.17) is 11.6 Å². The Balaban J connectivity index is 2.73. The summed E-state index contributed by atoms with van der Waals surface area (Å²) >= 11 is 5.98. The van der Waals surface area contributed by atoms with Gasteiger partial charge in [0.15, 0.2) is 0 Å². The monoisotopic (exact) mass is 286 g/mol. The van der Waals surface area contributed by atoms with Crippen LogP contribution >= 0.6 is 11.6 Å². The molecule has 0 aromatic heterocycles. The summed E-state index contributed by atoms with van der Waals surface area (Å²) in [6.45, 7) is 8.11. The zero-order valence-electron chi connectivity index (χ0n) is 12.3. The Morgan fingerprint density at radius 2 is 1.55 bits per heavy atom. The zero-order valence-corrected chi connectivity index (χ0v) is 13.1. The number of halogens is 1. The fraction of sp³-hybridized carbons (Fsp3) is 0.278. The molecular formula is C18H19ClO. The van der Waals surface area contributed by atoms with Gasteiger partial charge in [0.1, 0.15) is 0 Å². The maximum atomic E-state index is 12.2. The van der Waals surface area contributed by atoms with E-state index in [1.165, 1.54) is 11.1 Å². The maximum Gasteiger partial charge on any atom is 0.236 e. The van der Waals surface area contributed by atoms with Gasteiger partial charge in [-0.25, -0.2) is 0 Å². The lowest BCUT2D eigenvalue weighted by Gasteiger charge is -2.29. The second-order valence-electron chi connectivity index (χ2n) is 5.44. The van der Waals surface area contributed by atoms with Gasteiger partial charge in [-0.3, -0.25) is 4.79 Å². The normalized spacial score (nSPS) is 13.8. The summed E-state index contributed by atoms with van der Waals surface area (Å²) in [4.78, 5) is 12.2. The minimum absolute atomic E-state index is 0.352. The van der Waals surface area contributed by atoms with Crippen LogP contribution in [0.3, 0.4) is 0 Å². The van der Waals surface area contributed by atoms with Crippen molar-refractivity contribution in [3.05, 3.63) is 70.3 Å². The van der Waals surface area contributed by atoms with Crippen molar-refractivity contribution in [3.8, 4) is 0 Å². The molecule has 0 saturated carbocycles. The quantitative estimate of drug-likeness (QED) is 0.749. The molecule has 0 heterocycles. The smallest absolute Gasteiger partial charge is 0.236 e. The molecule has 104 valence electrons. The summed E-state index contributed by atoms with van der Waals surface area (Å²) in [5.41, 5.74) is 4.65. The van der Waals surface area contributed by atoms with Crippen LogP contribution in [0.25, 0.3) is 0 Å². The maximum absolute atomic E-state index is 12.2. The average Bonchev–Trinajstić information content (AvgIpc) is 2.45. The van der Waals surface area contributed by atoms with E-state index in [-0.39, 0.29) is 5.24 Å². The molecule has 1 unspecified atom stereocenters. The van der Waals surface area contributed by atoms with Crippen LogP contribution in [0.15, 0.2) is 42.5 Å². The fourth-order valence-corrected chi connectivity index (χ4v) is 2.86. The van der Waals surface area contributed by atoms with Crippen molar-refractivity contribution in [1.82, 2.24) is 0 Å². The Hall–Kier alpha value is -1.60. The van der Waals surface area contributed by atoms with Gasteiger partial charge in [0.05, 0.1) is 5.41 Å². The average molecular weight is 287 g/mol. The third-order valence-electron chi connectivity index (χ3n) is 4.34. The molecule has 1 atom stereocenters. The molecule has 0 amide bonds. The van der Waals surface area contributed by atoms with E-state index in [2.05, 4.69) is 26.8 Å². The number of hydrogen-bond donors (Lipinski definition) is 0. The SMILES string of the molecule is Cc1ccc(C(C)(C(=O)Cl)c2ccccc2)c(C)c1C. The van der Waals surface area contributed by atoms with E-state index in [1.54, 1.807) is 0 Å². The van der Waals surface area contributed by atoms with Gasteiger partial charge in [0.2, 0.25) is 5.24 Å². The standard InChI is InChI=1S/C18H19ClO/c1-12-10-11-16(14(3)13(12)2)18(4,17(19)20)15-8-6-5-7-9-15/h5-11H,1-4H3. The highest BCUT2D eigenvalue weighted by molar-refractivity contribution is 6.66. The van der Waals surface area contributed by atoms with Gasteiger partial charge < -0.3 is 0 Å². The van der Waals surface area contributed by atoms with Gasteiger partial charge in [-0.1, -0.05) is 42.5 Å². The van der Waals surface area contributed by atoms with Gasteiger partial charge in [-0.05, 0) is 67.1 Å². The van der Waals surface area contributed by atoms with Crippen LogP contribution in [0.5, 0.6) is 0 Å². The highest BCUT2D eigenvalue weighted by Crippen LogP contribution is 2.37. The van der Waals surface area contributed by atoms with Crippen LogP contribution in [0.1, 0.15) is 34.7 Å². The van der Waals surface area contributed by atoms with Crippen molar-refractivity contribution in [1.29, 1.82) is 0 Å². The summed E-state index contributed by atoms with van der Waals surface area (Å²) in [5, 5.41) is -0.352. The largest absolute Gasteiger partial charge is 0.280 e. The second-order valence-corrected chi connectivity index (χ2v) is 5.79. The Morgan fingerprint density at radius 3 is 2.10 bits per heavy atom. The summed E-state index contributed by atoms with van der Waals surface area (Å²) in [6.07, 6.45) is 0. The summed E-state index contributed by atoms with van der Waals surface area (Å²) in [7, 11) is 0. The van der Waals surface area contributed by atoms with E-state index in [1.807, 2.05) is 43.3 Å². The highest BCUT2D eigenvalue weighted by atomic mass is 35.5. The molecule has 1 nitrogen and oxygen atoms in total. The molecule has 0 fully saturated rings. The first kappa shape index (κ1) is 14.8. The minimum atomic E-state index is -0.814. The van der Waals surface area contributed by atoms with Crippen molar-refractivity contribution < 1.29 is 4.79 Å². The lowest BCUT2D eigenvalue weighted by atomic mass is 9.74. The van der Waals surface area contributed by atoms with Crippen molar-refractivity contribution in [2.45, 2.75) is 33.1 Å². The lowest BCUT2D eigenvalue weighted by Crippen LogP contribution is -2.31. The van der Waals surface area contributed by atoms with Crippen LogP contribution in [-0.4, -0.2) is 5.24 Å². The molecule has 2 rings (SSSR count).